The third kappa shape index (κ3) is 3.47. The standard InChI is InChI=1S/C12H11N3O3S3/c1-7-10(20-12(14-7)21(2,17)18)11(16)15-8(6-13)9-4-3-5-19-9/h3-5,8H,1-2H3,(H,15,16). The van der Waals surface area contributed by atoms with Crippen LogP contribution in [0.25, 0.3) is 0 Å². The van der Waals surface area contributed by atoms with E-state index in [1.54, 1.807) is 19.1 Å². The monoisotopic (exact) mass is 341 g/mol. The highest BCUT2D eigenvalue weighted by Gasteiger charge is 2.23. The van der Waals surface area contributed by atoms with Gasteiger partial charge in [0.1, 0.15) is 4.88 Å². The van der Waals surface area contributed by atoms with Crippen molar-refractivity contribution >= 4 is 38.4 Å². The number of carbonyl (C=O) groups is 1. The number of thiazole rings is 1. The summed E-state index contributed by atoms with van der Waals surface area (Å²) in [7, 11) is -3.45. The van der Waals surface area contributed by atoms with Crippen LogP contribution in [-0.4, -0.2) is 25.6 Å². The van der Waals surface area contributed by atoms with Gasteiger partial charge in [0, 0.05) is 11.1 Å². The number of sulfone groups is 1. The Labute approximate surface area is 130 Å². The van der Waals surface area contributed by atoms with E-state index in [1.165, 1.54) is 11.3 Å². The van der Waals surface area contributed by atoms with Gasteiger partial charge in [0.15, 0.2) is 6.04 Å². The van der Waals surface area contributed by atoms with E-state index in [-0.39, 0.29) is 9.22 Å². The van der Waals surface area contributed by atoms with Crippen molar-refractivity contribution in [3.05, 3.63) is 33.0 Å². The molecule has 21 heavy (non-hydrogen) atoms. The van der Waals surface area contributed by atoms with Crippen LogP contribution in [-0.2, 0) is 9.84 Å². The van der Waals surface area contributed by atoms with Crippen LogP contribution in [0.4, 0.5) is 0 Å². The number of nitrogens with one attached hydrogen (secondary N) is 1. The summed E-state index contributed by atoms with van der Waals surface area (Å²) in [5.41, 5.74) is 0.334. The molecule has 1 N–H and O–H groups in total. The third-order valence-electron chi connectivity index (χ3n) is 2.53. The van der Waals surface area contributed by atoms with E-state index in [0.29, 0.717) is 5.69 Å². The molecule has 0 bridgehead atoms. The maximum absolute atomic E-state index is 12.2. The third-order valence-corrected chi connectivity index (χ3v) is 6.30. The van der Waals surface area contributed by atoms with Gasteiger partial charge in [-0.3, -0.25) is 4.79 Å². The molecule has 0 aliphatic carbocycles. The minimum Gasteiger partial charge on any atom is -0.331 e. The van der Waals surface area contributed by atoms with Crippen LogP contribution in [0.3, 0.4) is 0 Å². The fraction of sp³-hybridized carbons (Fsp3) is 0.250. The number of rotatable bonds is 4. The van der Waals surface area contributed by atoms with Crippen LogP contribution in [0.5, 0.6) is 0 Å². The number of nitriles is 1. The Morgan fingerprint density at radius 2 is 2.24 bits per heavy atom. The number of hydrogen-bond acceptors (Lipinski definition) is 7. The van der Waals surface area contributed by atoms with Crippen LogP contribution >= 0.6 is 22.7 Å². The Balaban J connectivity index is 2.25. The molecule has 0 aromatic carbocycles. The fourth-order valence-electron chi connectivity index (χ4n) is 1.56. The number of nitrogens with zero attached hydrogens (tertiary/aromatic N) is 2. The zero-order valence-electron chi connectivity index (χ0n) is 11.2. The van der Waals surface area contributed by atoms with Gasteiger partial charge >= 0.3 is 0 Å². The lowest BCUT2D eigenvalue weighted by Crippen LogP contribution is -2.26. The summed E-state index contributed by atoms with van der Waals surface area (Å²) in [4.78, 5) is 17.0. The molecular formula is C12H11N3O3S3. The molecule has 2 heterocycles. The molecule has 1 atom stereocenters. The summed E-state index contributed by atoms with van der Waals surface area (Å²) < 4.78 is 22.8. The summed E-state index contributed by atoms with van der Waals surface area (Å²) in [6.07, 6.45) is 1.04. The van der Waals surface area contributed by atoms with Gasteiger partial charge in [0.25, 0.3) is 5.91 Å². The first-order valence-corrected chi connectivity index (χ1v) is 9.33. The highest BCUT2D eigenvalue weighted by Crippen LogP contribution is 2.24. The Morgan fingerprint density at radius 1 is 1.52 bits per heavy atom. The van der Waals surface area contributed by atoms with Gasteiger partial charge in [0.2, 0.25) is 14.2 Å². The lowest BCUT2D eigenvalue weighted by molar-refractivity contribution is 0.0949. The van der Waals surface area contributed by atoms with Crippen LogP contribution in [0, 0.1) is 18.3 Å². The number of hydrogen-bond donors (Lipinski definition) is 1. The number of amides is 1. The number of aromatic nitrogens is 1. The lowest BCUT2D eigenvalue weighted by atomic mass is 10.2. The highest BCUT2D eigenvalue weighted by atomic mass is 32.2. The maximum atomic E-state index is 12.2. The average molecular weight is 341 g/mol. The SMILES string of the molecule is Cc1nc(S(C)(=O)=O)sc1C(=O)NC(C#N)c1cccs1. The lowest BCUT2D eigenvalue weighted by Gasteiger charge is -2.08. The molecule has 2 aromatic rings. The van der Waals surface area contributed by atoms with E-state index >= 15 is 0 Å². The van der Waals surface area contributed by atoms with Gasteiger partial charge < -0.3 is 5.32 Å². The molecule has 0 aliphatic heterocycles. The quantitative estimate of drug-likeness (QED) is 0.915. The minimum atomic E-state index is -3.45. The maximum Gasteiger partial charge on any atom is 0.264 e. The molecule has 2 aromatic heterocycles. The second-order valence-electron chi connectivity index (χ2n) is 4.22. The van der Waals surface area contributed by atoms with Crippen molar-refractivity contribution in [2.24, 2.45) is 0 Å². The Morgan fingerprint density at radius 3 is 2.71 bits per heavy atom. The van der Waals surface area contributed by atoms with Gasteiger partial charge in [-0.05, 0) is 18.4 Å². The van der Waals surface area contributed by atoms with Gasteiger partial charge in [0.05, 0.1) is 11.8 Å². The second-order valence-corrected chi connectivity index (χ2v) is 8.39. The van der Waals surface area contributed by atoms with E-state index in [4.69, 9.17) is 5.26 Å². The van der Waals surface area contributed by atoms with Crippen LogP contribution < -0.4 is 5.32 Å². The summed E-state index contributed by atoms with van der Waals surface area (Å²) in [6.45, 7) is 1.56. The zero-order valence-corrected chi connectivity index (χ0v) is 13.6. The molecule has 1 amide bonds. The Kier molecular flexibility index (Phi) is 4.41. The van der Waals surface area contributed by atoms with Crippen LogP contribution in [0.2, 0.25) is 0 Å². The first-order valence-electron chi connectivity index (χ1n) is 5.74. The van der Waals surface area contributed by atoms with Crippen molar-refractivity contribution in [3.8, 4) is 6.07 Å². The Hall–Kier alpha value is -1.76. The van der Waals surface area contributed by atoms with Crippen molar-refractivity contribution in [2.75, 3.05) is 6.26 Å². The molecule has 110 valence electrons. The minimum absolute atomic E-state index is 0.102. The summed E-state index contributed by atoms with van der Waals surface area (Å²) >= 11 is 2.17. The highest BCUT2D eigenvalue weighted by molar-refractivity contribution is 7.92. The van der Waals surface area contributed by atoms with Gasteiger partial charge in [-0.2, -0.15) is 5.26 Å². The zero-order chi connectivity index (χ0) is 15.6. The molecular weight excluding hydrogens is 330 g/mol. The molecule has 0 saturated heterocycles. The number of thiophene rings is 1. The fourth-order valence-corrected chi connectivity index (χ4v) is 4.14. The van der Waals surface area contributed by atoms with Crippen molar-refractivity contribution in [1.29, 1.82) is 5.26 Å². The molecule has 9 heteroatoms. The largest absolute Gasteiger partial charge is 0.331 e. The molecule has 0 spiro atoms. The van der Waals surface area contributed by atoms with Crippen molar-refractivity contribution in [2.45, 2.75) is 17.3 Å². The normalized spacial score (nSPS) is 12.6. The topological polar surface area (TPSA) is 99.9 Å². The van der Waals surface area contributed by atoms with Crippen molar-refractivity contribution in [3.63, 3.8) is 0 Å². The van der Waals surface area contributed by atoms with Crippen LogP contribution in [0.1, 0.15) is 26.3 Å². The predicted molar refractivity (Wildman–Crippen MR) is 80.1 cm³/mol. The Bertz CT molecular complexity index is 801. The molecule has 2 rings (SSSR count). The number of aryl methyl sites for hydroxylation is 1. The molecule has 0 aliphatic rings. The summed E-state index contributed by atoms with van der Waals surface area (Å²) in [5, 5.41) is 13.5. The van der Waals surface area contributed by atoms with E-state index in [1.807, 2.05) is 11.4 Å². The van der Waals surface area contributed by atoms with Gasteiger partial charge in [-0.15, -0.1) is 11.3 Å². The second kappa shape index (κ2) is 5.93. The van der Waals surface area contributed by atoms with Crippen LogP contribution in [0.15, 0.2) is 21.9 Å². The van der Waals surface area contributed by atoms with E-state index in [9.17, 15) is 13.2 Å². The number of carbonyl (C=O) groups excluding carboxylic acids is 1. The first kappa shape index (κ1) is 15.6. The van der Waals surface area contributed by atoms with Crippen molar-refractivity contribution < 1.29 is 13.2 Å². The van der Waals surface area contributed by atoms with Crippen molar-refractivity contribution in [1.82, 2.24) is 10.3 Å². The smallest absolute Gasteiger partial charge is 0.264 e. The van der Waals surface area contributed by atoms with E-state index < -0.39 is 21.8 Å². The first-order chi connectivity index (χ1) is 9.82. The van der Waals surface area contributed by atoms with Gasteiger partial charge in [-0.25, -0.2) is 13.4 Å². The summed E-state index contributed by atoms with van der Waals surface area (Å²) in [5.74, 6) is -0.500. The molecule has 1 unspecified atom stereocenters. The molecule has 0 radical (unpaired) electrons. The molecule has 6 nitrogen and oxygen atoms in total. The average Bonchev–Trinajstić information content (AvgIpc) is 3.03. The van der Waals surface area contributed by atoms with E-state index in [0.717, 1.165) is 22.5 Å². The molecule has 0 fully saturated rings. The van der Waals surface area contributed by atoms with Gasteiger partial charge in [-0.1, -0.05) is 17.4 Å². The predicted octanol–water partition coefficient (Wildman–Crippen LogP) is 1.91. The van der Waals surface area contributed by atoms with E-state index in [2.05, 4.69) is 10.3 Å². The molecule has 0 saturated carbocycles. The summed E-state index contributed by atoms with van der Waals surface area (Å²) in [6, 6.07) is 4.78.